The van der Waals surface area contributed by atoms with E-state index in [2.05, 4.69) is 63.7 Å². The van der Waals surface area contributed by atoms with Crippen LogP contribution in [0.2, 0.25) is 0 Å². The summed E-state index contributed by atoms with van der Waals surface area (Å²) >= 11 is 0. The van der Waals surface area contributed by atoms with Crippen molar-refractivity contribution in [3.05, 3.63) is 229 Å². The van der Waals surface area contributed by atoms with Gasteiger partial charge in [0.15, 0.2) is 0 Å². The van der Waals surface area contributed by atoms with Crippen LogP contribution in [0.1, 0.15) is 48.6 Å². The minimum atomic E-state index is -3.83. The largest absolute Gasteiger partial charge is 0.497 e. The summed E-state index contributed by atoms with van der Waals surface area (Å²) in [6.45, 7) is 12.3. The fourth-order valence-corrected chi connectivity index (χ4v) is 10.4. The van der Waals surface area contributed by atoms with Crippen LogP contribution in [0.4, 0.5) is 0 Å². The molecule has 0 N–H and O–H groups in total. The third-order valence-corrected chi connectivity index (χ3v) is 15.5. The van der Waals surface area contributed by atoms with Gasteiger partial charge in [-0.2, -0.15) is 0 Å². The molecule has 8 rings (SSSR count). The standard InChI is InChI=1S/C59H52O8S2/c1-7-9-44-39-46(17-37-57(44)66-51-25-33-55(34-26-51)68(60,61)53-29-21-48(64-6)22-30-53)59(4,5)47-18-38-58(45(40-47)10-8-2)67-52-27-35-56(36-28-52)69(62,63)54-31-23-50(24-32-54)65-49-19-15-43(16-20-49)42-13-11-41(3)12-14-42/h7-9,11-40H,2,10H2,1,3-6H3/b9-7+. The normalized spacial score (nSPS) is 11.8. The van der Waals surface area contributed by atoms with Crippen molar-refractivity contribution in [2.24, 2.45) is 0 Å². The van der Waals surface area contributed by atoms with Crippen LogP contribution in [0.25, 0.3) is 17.2 Å². The van der Waals surface area contributed by atoms with Gasteiger partial charge in [0.05, 0.1) is 26.7 Å². The highest BCUT2D eigenvalue weighted by Gasteiger charge is 2.26. The Hall–Kier alpha value is -7.66. The van der Waals surface area contributed by atoms with E-state index in [1.165, 1.54) is 24.8 Å². The zero-order chi connectivity index (χ0) is 48.8. The van der Waals surface area contributed by atoms with E-state index in [-0.39, 0.29) is 19.6 Å². The van der Waals surface area contributed by atoms with Crippen LogP contribution < -0.4 is 18.9 Å². The van der Waals surface area contributed by atoms with Crippen LogP contribution in [-0.4, -0.2) is 23.9 Å². The van der Waals surface area contributed by atoms with Crippen molar-refractivity contribution in [1.82, 2.24) is 0 Å². The van der Waals surface area contributed by atoms with Crippen molar-refractivity contribution in [3.63, 3.8) is 0 Å². The lowest BCUT2D eigenvalue weighted by molar-refractivity contribution is 0.414. The molecular formula is C59H52O8S2. The second kappa shape index (κ2) is 20.3. The van der Waals surface area contributed by atoms with Gasteiger partial charge in [-0.05, 0) is 175 Å². The summed E-state index contributed by atoms with van der Waals surface area (Å²) < 4.78 is 77.8. The monoisotopic (exact) mass is 952 g/mol. The summed E-state index contributed by atoms with van der Waals surface area (Å²) in [7, 11) is -6.03. The van der Waals surface area contributed by atoms with Gasteiger partial charge in [-0.3, -0.25) is 0 Å². The van der Waals surface area contributed by atoms with E-state index in [1.807, 2.05) is 73.7 Å². The fraction of sp³-hybridized carbons (Fsp3) is 0.119. The van der Waals surface area contributed by atoms with Gasteiger partial charge in [0.2, 0.25) is 19.7 Å². The third-order valence-electron chi connectivity index (χ3n) is 11.9. The van der Waals surface area contributed by atoms with Gasteiger partial charge < -0.3 is 18.9 Å². The zero-order valence-electron chi connectivity index (χ0n) is 39.0. The molecule has 348 valence electrons. The Morgan fingerprint density at radius 1 is 0.493 bits per heavy atom. The van der Waals surface area contributed by atoms with Crippen molar-refractivity contribution < 1.29 is 35.8 Å². The van der Waals surface area contributed by atoms with Crippen molar-refractivity contribution >= 4 is 25.8 Å². The molecule has 0 aliphatic heterocycles. The lowest BCUT2D eigenvalue weighted by atomic mass is 9.77. The Morgan fingerprint density at radius 2 is 0.884 bits per heavy atom. The van der Waals surface area contributed by atoms with Gasteiger partial charge in [0.25, 0.3) is 0 Å². The third kappa shape index (κ3) is 10.7. The van der Waals surface area contributed by atoms with Gasteiger partial charge in [0, 0.05) is 11.0 Å². The Bertz CT molecular complexity index is 3340. The van der Waals surface area contributed by atoms with Gasteiger partial charge in [-0.15, -0.1) is 6.58 Å². The van der Waals surface area contributed by atoms with Crippen molar-refractivity contribution in [1.29, 1.82) is 0 Å². The SMILES string of the molecule is C=CCc1cc(C(C)(C)c2ccc(Oc3ccc(S(=O)(=O)c4ccc(OC)cc4)cc3)c(/C=C/C)c2)ccc1Oc1ccc(S(=O)(=O)c2ccc(Oc3ccc(-c4ccc(C)cc4)cc3)cc2)cc1. The number of sulfone groups is 2. The number of rotatable bonds is 17. The first kappa shape index (κ1) is 47.8. The molecule has 0 saturated heterocycles. The number of aryl methyl sites for hydroxylation is 1. The van der Waals surface area contributed by atoms with Gasteiger partial charge in [0.1, 0.15) is 40.2 Å². The molecule has 0 bridgehead atoms. The first-order valence-electron chi connectivity index (χ1n) is 22.3. The molecule has 10 heteroatoms. The van der Waals surface area contributed by atoms with Gasteiger partial charge >= 0.3 is 0 Å². The van der Waals surface area contributed by atoms with Crippen LogP contribution in [-0.2, 0) is 31.5 Å². The van der Waals surface area contributed by atoms with Crippen molar-refractivity contribution in [2.75, 3.05) is 7.11 Å². The summed E-state index contributed by atoms with van der Waals surface area (Å²) in [4.78, 5) is 0.620. The maximum atomic E-state index is 13.7. The average Bonchev–Trinajstić information content (AvgIpc) is 3.36. The highest BCUT2D eigenvalue weighted by atomic mass is 32.2. The Balaban J connectivity index is 0.934. The lowest BCUT2D eigenvalue weighted by Crippen LogP contribution is -2.19. The summed E-state index contributed by atoms with van der Waals surface area (Å²) in [5, 5.41) is 0. The predicted molar refractivity (Wildman–Crippen MR) is 274 cm³/mol. The molecule has 8 aromatic rings. The van der Waals surface area contributed by atoms with E-state index < -0.39 is 25.1 Å². The summed E-state index contributed by atoms with van der Waals surface area (Å²) in [5.74, 6) is 3.98. The Kier molecular flexibility index (Phi) is 14.1. The molecule has 0 spiro atoms. The summed E-state index contributed by atoms with van der Waals surface area (Å²) in [5.41, 5.74) is 6.82. The number of hydrogen-bond acceptors (Lipinski definition) is 8. The van der Waals surface area contributed by atoms with E-state index >= 15 is 0 Å². The fourth-order valence-electron chi connectivity index (χ4n) is 7.83. The highest BCUT2D eigenvalue weighted by molar-refractivity contribution is 7.91. The van der Waals surface area contributed by atoms with Crippen molar-refractivity contribution in [2.45, 2.75) is 59.1 Å². The van der Waals surface area contributed by atoms with E-state index in [0.29, 0.717) is 46.7 Å². The van der Waals surface area contributed by atoms with Crippen LogP contribution in [0.15, 0.2) is 220 Å². The van der Waals surface area contributed by atoms with Gasteiger partial charge in [-0.25, -0.2) is 16.8 Å². The van der Waals surface area contributed by atoms with Crippen LogP contribution in [0.5, 0.6) is 40.2 Å². The molecule has 0 aliphatic rings. The molecular weight excluding hydrogens is 901 g/mol. The number of hydrogen-bond donors (Lipinski definition) is 0. The van der Waals surface area contributed by atoms with Crippen LogP contribution in [0, 0.1) is 6.92 Å². The lowest BCUT2D eigenvalue weighted by Gasteiger charge is -2.28. The van der Waals surface area contributed by atoms with Gasteiger partial charge in [-0.1, -0.05) is 92.2 Å². The Morgan fingerprint density at radius 3 is 1.33 bits per heavy atom. The molecule has 0 aromatic heterocycles. The smallest absolute Gasteiger partial charge is 0.206 e. The molecule has 0 saturated carbocycles. The number of benzene rings is 8. The summed E-state index contributed by atoms with van der Waals surface area (Å²) in [6.07, 6.45) is 6.29. The number of methoxy groups -OCH3 is 1. The topological polar surface area (TPSA) is 105 Å². The minimum absolute atomic E-state index is 0.140. The molecule has 8 aromatic carbocycles. The maximum Gasteiger partial charge on any atom is 0.206 e. The number of allylic oxidation sites excluding steroid dienone is 2. The minimum Gasteiger partial charge on any atom is -0.497 e. The second-order valence-corrected chi connectivity index (χ2v) is 20.9. The zero-order valence-corrected chi connectivity index (χ0v) is 40.7. The van der Waals surface area contributed by atoms with E-state index in [0.717, 1.165) is 33.4 Å². The molecule has 0 aliphatic carbocycles. The molecule has 0 amide bonds. The van der Waals surface area contributed by atoms with E-state index in [9.17, 15) is 16.8 Å². The van der Waals surface area contributed by atoms with Crippen LogP contribution >= 0.6 is 0 Å². The first-order valence-corrected chi connectivity index (χ1v) is 25.3. The van der Waals surface area contributed by atoms with Crippen molar-refractivity contribution in [3.8, 4) is 51.4 Å². The Labute approximate surface area is 405 Å². The van der Waals surface area contributed by atoms with E-state index in [4.69, 9.17) is 18.9 Å². The highest BCUT2D eigenvalue weighted by Crippen LogP contribution is 2.39. The maximum absolute atomic E-state index is 13.7. The molecule has 0 heterocycles. The first-order chi connectivity index (χ1) is 33.2. The molecule has 8 nitrogen and oxygen atoms in total. The van der Waals surface area contributed by atoms with E-state index in [1.54, 1.807) is 84.9 Å². The molecule has 69 heavy (non-hydrogen) atoms. The predicted octanol–water partition coefficient (Wildman–Crippen LogP) is 14.8. The molecule has 0 fully saturated rings. The second-order valence-electron chi connectivity index (χ2n) is 17.0. The average molecular weight is 953 g/mol. The molecule has 0 radical (unpaired) electrons. The summed E-state index contributed by atoms with van der Waals surface area (Å²) in [6, 6.07) is 53.8. The quantitative estimate of drug-likeness (QED) is 0.0831. The molecule has 0 unspecified atom stereocenters. The number of ether oxygens (including phenoxy) is 4. The van der Waals surface area contributed by atoms with Crippen LogP contribution in [0.3, 0.4) is 0 Å². The molecule has 0 atom stereocenters.